The highest BCUT2D eigenvalue weighted by molar-refractivity contribution is 9.10. The third kappa shape index (κ3) is 6.11. The van der Waals surface area contributed by atoms with Crippen LogP contribution in [0.2, 0.25) is 0 Å². The molecule has 1 aromatic carbocycles. The maximum atomic E-state index is 11.7. The molecule has 0 saturated carbocycles. The molecular weight excluding hydrogens is 328 g/mol. The van der Waals surface area contributed by atoms with E-state index in [9.17, 15) is 9.59 Å². The molecule has 0 aromatic heterocycles. The van der Waals surface area contributed by atoms with E-state index < -0.39 is 0 Å². The van der Waals surface area contributed by atoms with Gasteiger partial charge in [-0.1, -0.05) is 19.1 Å². The first-order valence-electron chi connectivity index (χ1n) is 5.86. The van der Waals surface area contributed by atoms with Gasteiger partial charge >= 0.3 is 0 Å². The summed E-state index contributed by atoms with van der Waals surface area (Å²) in [4.78, 5) is 23.2. The van der Waals surface area contributed by atoms with E-state index in [0.29, 0.717) is 12.1 Å². The van der Waals surface area contributed by atoms with Gasteiger partial charge < -0.3 is 10.6 Å². The second-order valence-electron chi connectivity index (χ2n) is 4.06. The molecule has 4 nitrogen and oxygen atoms in total. The molecule has 1 atom stereocenters. The summed E-state index contributed by atoms with van der Waals surface area (Å²) in [5.74, 6) is -0.346. The minimum atomic E-state index is -0.239. The number of para-hydroxylation sites is 1. The van der Waals surface area contributed by atoms with E-state index in [0.717, 1.165) is 4.47 Å². The Bertz CT molecular complexity index is 454. The number of halogens is 1. The van der Waals surface area contributed by atoms with Crippen LogP contribution >= 0.6 is 27.7 Å². The van der Waals surface area contributed by atoms with E-state index >= 15 is 0 Å². The Morgan fingerprint density at radius 2 is 2.00 bits per heavy atom. The van der Waals surface area contributed by atoms with Gasteiger partial charge in [0, 0.05) is 16.1 Å². The summed E-state index contributed by atoms with van der Waals surface area (Å²) in [6.07, 6.45) is 2.38. The molecule has 19 heavy (non-hydrogen) atoms. The van der Waals surface area contributed by atoms with Gasteiger partial charge in [-0.05, 0) is 34.3 Å². The number of hydrogen-bond donors (Lipinski definition) is 2. The lowest BCUT2D eigenvalue weighted by molar-refractivity contribution is -0.124. The fraction of sp³-hybridized carbons (Fsp3) is 0.385. The molecule has 2 amide bonds. The van der Waals surface area contributed by atoms with Crippen molar-refractivity contribution in [1.29, 1.82) is 0 Å². The molecule has 6 heteroatoms. The summed E-state index contributed by atoms with van der Waals surface area (Å²) in [5.41, 5.74) is 0.694. The van der Waals surface area contributed by atoms with E-state index in [1.807, 2.05) is 31.4 Å². The van der Waals surface area contributed by atoms with Crippen molar-refractivity contribution < 1.29 is 9.59 Å². The fourth-order valence-electron chi connectivity index (χ4n) is 1.35. The molecule has 0 radical (unpaired) electrons. The summed E-state index contributed by atoms with van der Waals surface area (Å²) in [6.45, 7) is 1.96. The van der Waals surface area contributed by atoms with Crippen LogP contribution in [-0.4, -0.2) is 29.9 Å². The molecular formula is C13H17BrN2O2S. The van der Waals surface area contributed by atoms with Crippen molar-refractivity contribution in [3.63, 3.8) is 0 Å². The number of rotatable bonds is 6. The first-order valence-corrected chi connectivity index (χ1v) is 7.95. The summed E-state index contributed by atoms with van der Waals surface area (Å²) in [7, 11) is 0. The molecule has 0 heterocycles. The van der Waals surface area contributed by atoms with Crippen LogP contribution in [0.5, 0.6) is 0 Å². The average Bonchev–Trinajstić information content (AvgIpc) is 2.39. The lowest BCUT2D eigenvalue weighted by Gasteiger charge is -2.10. The number of amides is 2. The van der Waals surface area contributed by atoms with Gasteiger partial charge in [0.05, 0.1) is 12.2 Å². The molecule has 1 aromatic rings. The maximum absolute atomic E-state index is 11.7. The number of nitrogens with one attached hydrogen (secondary N) is 2. The standard InChI is InChI=1S/C13H17BrN2O2S/c1-9(19-2)7-12(17)15-8-13(18)16-11-6-4-3-5-10(11)14/h3-6,9H,7-8H2,1-2H3,(H,15,17)(H,16,18). The van der Waals surface area contributed by atoms with E-state index in [-0.39, 0.29) is 23.6 Å². The van der Waals surface area contributed by atoms with Crippen LogP contribution in [0, 0.1) is 0 Å². The van der Waals surface area contributed by atoms with Crippen LogP contribution in [0.25, 0.3) is 0 Å². The predicted molar refractivity (Wildman–Crippen MR) is 83.4 cm³/mol. The average molecular weight is 345 g/mol. The molecule has 0 saturated heterocycles. The second kappa shape index (κ2) is 8.22. The predicted octanol–water partition coefficient (Wildman–Crippen LogP) is 2.65. The van der Waals surface area contributed by atoms with E-state index in [4.69, 9.17) is 0 Å². The molecule has 0 bridgehead atoms. The number of benzene rings is 1. The zero-order chi connectivity index (χ0) is 14.3. The highest BCUT2D eigenvalue weighted by Crippen LogP contribution is 2.20. The molecule has 104 valence electrons. The summed E-state index contributed by atoms with van der Waals surface area (Å²) in [5, 5.41) is 5.59. The number of carbonyl (C=O) groups excluding carboxylic acids is 2. The number of anilines is 1. The Labute approximate surface area is 125 Å². The highest BCUT2D eigenvalue weighted by Gasteiger charge is 2.10. The molecule has 0 fully saturated rings. The SMILES string of the molecule is CSC(C)CC(=O)NCC(=O)Nc1ccccc1Br. The van der Waals surface area contributed by atoms with E-state index in [1.54, 1.807) is 17.8 Å². The zero-order valence-corrected chi connectivity index (χ0v) is 13.3. The summed E-state index contributed by atoms with van der Waals surface area (Å²) < 4.78 is 0.811. The normalized spacial score (nSPS) is 11.7. The van der Waals surface area contributed by atoms with Crippen molar-refractivity contribution in [1.82, 2.24) is 5.32 Å². The molecule has 0 aliphatic carbocycles. The Balaban J connectivity index is 2.36. The van der Waals surface area contributed by atoms with Crippen LogP contribution in [0.3, 0.4) is 0 Å². The smallest absolute Gasteiger partial charge is 0.243 e. The van der Waals surface area contributed by atoms with Crippen molar-refractivity contribution >= 4 is 45.2 Å². The minimum absolute atomic E-state index is 0.0126. The minimum Gasteiger partial charge on any atom is -0.347 e. The Morgan fingerprint density at radius 3 is 2.63 bits per heavy atom. The van der Waals surface area contributed by atoms with Gasteiger partial charge in [-0.25, -0.2) is 0 Å². The van der Waals surface area contributed by atoms with E-state index in [1.165, 1.54) is 0 Å². The molecule has 1 rings (SSSR count). The van der Waals surface area contributed by atoms with Crippen LogP contribution < -0.4 is 10.6 Å². The molecule has 0 spiro atoms. The van der Waals surface area contributed by atoms with Gasteiger partial charge in [0.2, 0.25) is 11.8 Å². The number of thioether (sulfide) groups is 1. The Morgan fingerprint density at radius 1 is 1.32 bits per heavy atom. The topological polar surface area (TPSA) is 58.2 Å². The lowest BCUT2D eigenvalue weighted by Crippen LogP contribution is -2.33. The van der Waals surface area contributed by atoms with Gasteiger partial charge in [0.15, 0.2) is 0 Å². The molecule has 2 N–H and O–H groups in total. The van der Waals surface area contributed by atoms with Crippen LogP contribution in [-0.2, 0) is 9.59 Å². The second-order valence-corrected chi connectivity index (χ2v) is 6.19. The van der Waals surface area contributed by atoms with Gasteiger partial charge in [-0.3, -0.25) is 9.59 Å². The van der Waals surface area contributed by atoms with E-state index in [2.05, 4.69) is 26.6 Å². The number of carbonyl (C=O) groups is 2. The van der Waals surface area contributed by atoms with Gasteiger partial charge in [0.25, 0.3) is 0 Å². The quantitative estimate of drug-likeness (QED) is 0.833. The summed E-state index contributed by atoms with van der Waals surface area (Å²) >= 11 is 4.97. The largest absolute Gasteiger partial charge is 0.347 e. The van der Waals surface area contributed by atoms with Crippen LogP contribution in [0.15, 0.2) is 28.7 Å². The Kier molecular flexibility index (Phi) is 6.94. The van der Waals surface area contributed by atoms with Crippen LogP contribution in [0.4, 0.5) is 5.69 Å². The lowest BCUT2D eigenvalue weighted by atomic mass is 10.3. The van der Waals surface area contributed by atoms with Crippen molar-refractivity contribution in [3.8, 4) is 0 Å². The molecule has 1 unspecified atom stereocenters. The third-order valence-corrected chi connectivity index (χ3v) is 4.13. The molecule has 0 aliphatic heterocycles. The zero-order valence-electron chi connectivity index (χ0n) is 10.9. The van der Waals surface area contributed by atoms with Gasteiger partial charge in [-0.2, -0.15) is 11.8 Å². The van der Waals surface area contributed by atoms with Crippen molar-refractivity contribution in [2.24, 2.45) is 0 Å². The Hall–Kier alpha value is -1.01. The van der Waals surface area contributed by atoms with Gasteiger partial charge in [0.1, 0.15) is 0 Å². The van der Waals surface area contributed by atoms with Crippen molar-refractivity contribution in [2.45, 2.75) is 18.6 Å². The monoisotopic (exact) mass is 344 g/mol. The third-order valence-electron chi connectivity index (χ3n) is 2.47. The van der Waals surface area contributed by atoms with Gasteiger partial charge in [-0.15, -0.1) is 0 Å². The first-order chi connectivity index (χ1) is 9.02. The maximum Gasteiger partial charge on any atom is 0.243 e. The fourth-order valence-corrected chi connectivity index (χ4v) is 2.05. The summed E-state index contributed by atoms with van der Waals surface area (Å²) in [6, 6.07) is 7.33. The van der Waals surface area contributed by atoms with Crippen molar-refractivity contribution in [3.05, 3.63) is 28.7 Å². The van der Waals surface area contributed by atoms with Crippen LogP contribution in [0.1, 0.15) is 13.3 Å². The van der Waals surface area contributed by atoms with Crippen molar-refractivity contribution in [2.75, 3.05) is 18.1 Å². The highest BCUT2D eigenvalue weighted by atomic mass is 79.9. The molecule has 0 aliphatic rings. The number of hydrogen-bond acceptors (Lipinski definition) is 3. The first kappa shape index (κ1) is 16.0.